The molecule has 2 aromatic carbocycles. The molecule has 10 heteroatoms. The Morgan fingerprint density at radius 1 is 1.26 bits per heavy atom. The molecule has 0 bridgehead atoms. The highest BCUT2D eigenvalue weighted by atomic mass is 127. The smallest absolute Gasteiger partial charge is 0.269 e. The number of rotatable bonds is 10. The van der Waals surface area contributed by atoms with E-state index in [1.54, 1.807) is 6.07 Å². The SMILES string of the molecule is CCNC(=NCC(O)COc1ccc([N+](=O)[O-])cc1)NCCc1ccc(F)cc1C.I. The topological polar surface area (TPSA) is 109 Å². The lowest BCUT2D eigenvalue weighted by Gasteiger charge is -2.14. The lowest BCUT2D eigenvalue weighted by Crippen LogP contribution is -2.39. The molecule has 0 saturated heterocycles. The van der Waals surface area contributed by atoms with Crippen molar-refractivity contribution < 1.29 is 19.2 Å². The van der Waals surface area contributed by atoms with Crippen LogP contribution in [-0.4, -0.2) is 48.3 Å². The van der Waals surface area contributed by atoms with Gasteiger partial charge in [-0.25, -0.2) is 4.39 Å². The number of aliphatic hydroxyl groups is 1. The Bertz CT molecular complexity index is 865. The number of nitrogens with one attached hydrogen (secondary N) is 2. The number of nitrogens with zero attached hydrogens (tertiary/aromatic N) is 2. The predicted octanol–water partition coefficient (Wildman–Crippen LogP) is 3.20. The second-order valence-electron chi connectivity index (χ2n) is 6.68. The molecule has 0 aliphatic rings. The summed E-state index contributed by atoms with van der Waals surface area (Å²) in [6, 6.07) is 10.4. The number of aryl methyl sites for hydroxylation is 1. The maximum atomic E-state index is 13.2. The number of hydrogen-bond acceptors (Lipinski definition) is 5. The van der Waals surface area contributed by atoms with Gasteiger partial charge in [0.1, 0.15) is 24.3 Å². The van der Waals surface area contributed by atoms with Gasteiger partial charge in [-0.15, -0.1) is 24.0 Å². The van der Waals surface area contributed by atoms with Gasteiger partial charge >= 0.3 is 0 Å². The van der Waals surface area contributed by atoms with E-state index in [1.165, 1.54) is 36.4 Å². The van der Waals surface area contributed by atoms with Crippen molar-refractivity contribution in [3.05, 3.63) is 69.5 Å². The van der Waals surface area contributed by atoms with Crippen molar-refractivity contribution in [2.45, 2.75) is 26.4 Å². The Labute approximate surface area is 198 Å². The van der Waals surface area contributed by atoms with Crippen LogP contribution < -0.4 is 15.4 Å². The molecule has 2 aromatic rings. The van der Waals surface area contributed by atoms with Crippen LogP contribution in [0.15, 0.2) is 47.5 Å². The Morgan fingerprint density at radius 2 is 1.97 bits per heavy atom. The van der Waals surface area contributed by atoms with Crippen molar-refractivity contribution in [3.63, 3.8) is 0 Å². The summed E-state index contributed by atoms with van der Waals surface area (Å²) in [5, 5.41) is 27.0. The molecule has 0 saturated carbocycles. The minimum Gasteiger partial charge on any atom is -0.491 e. The summed E-state index contributed by atoms with van der Waals surface area (Å²) in [5.74, 6) is 0.749. The van der Waals surface area contributed by atoms with Crippen LogP contribution in [0.3, 0.4) is 0 Å². The van der Waals surface area contributed by atoms with Crippen LogP contribution in [0.25, 0.3) is 0 Å². The number of guanidine groups is 1. The number of aliphatic imine (C=N–C) groups is 1. The molecule has 1 atom stereocenters. The van der Waals surface area contributed by atoms with Crippen molar-refractivity contribution in [2.24, 2.45) is 4.99 Å². The standard InChI is InChI=1S/C21H27FN4O4.HI/c1-3-23-21(24-11-10-16-4-5-17(22)12-15(16)2)25-13-19(27)14-30-20-8-6-18(7-9-20)26(28)29;/h4-9,12,19,27H,3,10-11,13-14H2,1-2H3,(H2,23,24,25);1H. The first-order valence-electron chi connectivity index (χ1n) is 9.71. The normalized spacial score (nSPS) is 11.9. The van der Waals surface area contributed by atoms with Crippen LogP contribution >= 0.6 is 24.0 Å². The number of ether oxygens (including phenoxy) is 1. The minimum absolute atomic E-state index is 0. The molecule has 0 radical (unpaired) electrons. The van der Waals surface area contributed by atoms with Crippen LogP contribution in [0.2, 0.25) is 0 Å². The molecule has 170 valence electrons. The minimum atomic E-state index is -0.838. The second kappa shape index (κ2) is 13.8. The van der Waals surface area contributed by atoms with Crippen molar-refractivity contribution in [1.82, 2.24) is 10.6 Å². The van der Waals surface area contributed by atoms with E-state index in [0.29, 0.717) is 31.2 Å². The van der Waals surface area contributed by atoms with Gasteiger partial charge in [-0.3, -0.25) is 15.1 Å². The fourth-order valence-corrected chi connectivity index (χ4v) is 2.70. The molecular formula is C21H28FIN4O4. The number of benzene rings is 2. The average molecular weight is 546 g/mol. The third-order valence-corrected chi connectivity index (χ3v) is 4.29. The van der Waals surface area contributed by atoms with Crippen molar-refractivity contribution in [3.8, 4) is 5.75 Å². The molecule has 3 N–H and O–H groups in total. The maximum Gasteiger partial charge on any atom is 0.269 e. The summed E-state index contributed by atoms with van der Waals surface area (Å²) in [6.45, 7) is 5.21. The lowest BCUT2D eigenvalue weighted by atomic mass is 10.1. The van der Waals surface area contributed by atoms with Gasteiger partial charge in [0, 0.05) is 25.2 Å². The molecular weight excluding hydrogens is 518 g/mol. The zero-order chi connectivity index (χ0) is 21.9. The molecule has 31 heavy (non-hydrogen) atoms. The average Bonchev–Trinajstić information content (AvgIpc) is 2.72. The molecule has 0 heterocycles. The Balaban J connectivity index is 0.00000480. The summed E-state index contributed by atoms with van der Waals surface area (Å²) in [4.78, 5) is 14.5. The van der Waals surface area contributed by atoms with E-state index in [9.17, 15) is 19.6 Å². The van der Waals surface area contributed by atoms with Crippen molar-refractivity contribution in [2.75, 3.05) is 26.2 Å². The molecule has 1 unspecified atom stereocenters. The summed E-state index contributed by atoms with van der Waals surface area (Å²) in [6.07, 6.45) is -0.127. The molecule has 0 spiro atoms. The summed E-state index contributed by atoms with van der Waals surface area (Å²) < 4.78 is 18.6. The number of aliphatic hydroxyl groups excluding tert-OH is 1. The van der Waals surface area contributed by atoms with Gasteiger partial charge in [0.2, 0.25) is 0 Å². The van der Waals surface area contributed by atoms with E-state index in [1.807, 2.05) is 13.8 Å². The molecule has 0 aliphatic carbocycles. The number of non-ortho nitro benzene ring substituents is 1. The highest BCUT2D eigenvalue weighted by Gasteiger charge is 2.08. The summed E-state index contributed by atoms with van der Waals surface area (Å²) in [5.41, 5.74) is 1.93. The van der Waals surface area contributed by atoms with Gasteiger partial charge in [0.15, 0.2) is 5.96 Å². The fraction of sp³-hybridized carbons (Fsp3) is 0.381. The Hall–Kier alpha value is -2.47. The number of nitro benzene ring substituents is 1. The van der Waals surface area contributed by atoms with E-state index >= 15 is 0 Å². The highest BCUT2D eigenvalue weighted by molar-refractivity contribution is 14.0. The Kier molecular flexibility index (Phi) is 11.8. The third-order valence-electron chi connectivity index (χ3n) is 4.29. The molecule has 0 amide bonds. The quantitative estimate of drug-likeness (QED) is 0.139. The summed E-state index contributed by atoms with van der Waals surface area (Å²) >= 11 is 0. The molecule has 2 rings (SSSR count). The van der Waals surface area contributed by atoms with Crippen molar-refractivity contribution >= 4 is 35.6 Å². The zero-order valence-electron chi connectivity index (χ0n) is 17.5. The van der Waals surface area contributed by atoms with Crippen LogP contribution in [0.1, 0.15) is 18.1 Å². The zero-order valence-corrected chi connectivity index (χ0v) is 19.8. The number of nitro groups is 1. The maximum absolute atomic E-state index is 13.2. The first kappa shape index (κ1) is 26.6. The second-order valence-corrected chi connectivity index (χ2v) is 6.68. The van der Waals surface area contributed by atoms with E-state index < -0.39 is 11.0 Å². The van der Waals surface area contributed by atoms with E-state index in [0.717, 1.165) is 11.1 Å². The largest absolute Gasteiger partial charge is 0.491 e. The molecule has 0 aliphatic heterocycles. The van der Waals surface area contributed by atoms with Gasteiger partial charge in [-0.1, -0.05) is 6.07 Å². The van der Waals surface area contributed by atoms with Crippen LogP contribution in [0, 0.1) is 22.9 Å². The van der Waals surface area contributed by atoms with Gasteiger partial charge in [-0.05, 0) is 55.7 Å². The van der Waals surface area contributed by atoms with Gasteiger partial charge in [0.05, 0.1) is 11.5 Å². The lowest BCUT2D eigenvalue weighted by molar-refractivity contribution is -0.384. The van der Waals surface area contributed by atoms with E-state index in [-0.39, 0.29) is 48.6 Å². The van der Waals surface area contributed by atoms with Gasteiger partial charge < -0.3 is 20.5 Å². The van der Waals surface area contributed by atoms with Crippen LogP contribution in [0.4, 0.5) is 10.1 Å². The first-order chi connectivity index (χ1) is 14.4. The van der Waals surface area contributed by atoms with E-state index in [2.05, 4.69) is 15.6 Å². The van der Waals surface area contributed by atoms with Crippen LogP contribution in [0.5, 0.6) is 5.75 Å². The van der Waals surface area contributed by atoms with Gasteiger partial charge in [-0.2, -0.15) is 0 Å². The molecule has 0 aromatic heterocycles. The van der Waals surface area contributed by atoms with E-state index in [4.69, 9.17) is 4.74 Å². The highest BCUT2D eigenvalue weighted by Crippen LogP contribution is 2.17. The fourth-order valence-electron chi connectivity index (χ4n) is 2.70. The first-order valence-corrected chi connectivity index (χ1v) is 9.71. The molecule has 8 nitrogen and oxygen atoms in total. The van der Waals surface area contributed by atoms with Gasteiger partial charge in [0.25, 0.3) is 5.69 Å². The molecule has 0 fully saturated rings. The van der Waals surface area contributed by atoms with Crippen LogP contribution in [-0.2, 0) is 6.42 Å². The van der Waals surface area contributed by atoms with Crippen molar-refractivity contribution in [1.29, 1.82) is 0 Å². The third kappa shape index (κ3) is 9.47. The monoisotopic (exact) mass is 546 g/mol. The predicted molar refractivity (Wildman–Crippen MR) is 129 cm³/mol. The number of hydrogen-bond donors (Lipinski definition) is 3. The summed E-state index contributed by atoms with van der Waals surface area (Å²) in [7, 11) is 0. The Morgan fingerprint density at radius 3 is 2.58 bits per heavy atom. The number of halogens is 2.